The molecule has 1 aromatic rings. The maximum absolute atomic E-state index is 6.01. The lowest BCUT2D eigenvalue weighted by Gasteiger charge is -2.37. The van der Waals surface area contributed by atoms with Gasteiger partial charge in [-0.2, -0.15) is 0 Å². The van der Waals surface area contributed by atoms with E-state index < -0.39 is 0 Å². The Hall–Kier alpha value is -1.06. The van der Waals surface area contributed by atoms with Crippen LogP contribution in [0.2, 0.25) is 0 Å². The Kier molecular flexibility index (Phi) is 9.72. The number of anilines is 1. The monoisotopic (exact) mass is 542 g/mol. The fraction of sp³-hybridized carbons (Fsp3) is 0.708. The van der Waals surface area contributed by atoms with Gasteiger partial charge in [0.15, 0.2) is 5.96 Å². The summed E-state index contributed by atoms with van der Waals surface area (Å²) < 4.78 is 11.9. The molecule has 174 valence electrons. The van der Waals surface area contributed by atoms with Crippen LogP contribution >= 0.6 is 24.0 Å². The third-order valence-electron chi connectivity index (χ3n) is 6.60. The Morgan fingerprint density at radius 3 is 2.45 bits per heavy atom. The number of hydrogen-bond donors (Lipinski definition) is 1. The van der Waals surface area contributed by atoms with Crippen molar-refractivity contribution in [3.63, 3.8) is 0 Å². The number of guanidine groups is 1. The highest BCUT2D eigenvalue weighted by Gasteiger charge is 2.32. The van der Waals surface area contributed by atoms with E-state index in [1.54, 1.807) is 0 Å². The Bertz CT molecular complexity index is 685. The molecule has 1 N–H and O–H groups in total. The molecule has 3 aliphatic rings. The quantitative estimate of drug-likeness (QED) is 0.348. The summed E-state index contributed by atoms with van der Waals surface area (Å²) in [5.74, 6) is 1.84. The number of halogens is 1. The average molecular weight is 543 g/mol. The van der Waals surface area contributed by atoms with E-state index in [1.807, 2.05) is 0 Å². The van der Waals surface area contributed by atoms with Gasteiger partial charge in [-0.15, -0.1) is 24.0 Å². The summed E-state index contributed by atoms with van der Waals surface area (Å²) in [6.07, 6.45) is 5.23. The van der Waals surface area contributed by atoms with Crippen LogP contribution in [0.25, 0.3) is 0 Å². The Morgan fingerprint density at radius 2 is 1.77 bits per heavy atom. The Balaban J connectivity index is 0.00000272. The topological polar surface area (TPSA) is 49.3 Å². The van der Waals surface area contributed by atoms with E-state index in [9.17, 15) is 0 Å². The van der Waals surface area contributed by atoms with E-state index in [1.165, 1.54) is 37.2 Å². The van der Waals surface area contributed by atoms with Crippen molar-refractivity contribution in [2.24, 2.45) is 10.9 Å². The molecule has 0 radical (unpaired) electrons. The average Bonchev–Trinajstić information content (AvgIpc) is 3.33. The van der Waals surface area contributed by atoms with Crippen molar-refractivity contribution in [1.29, 1.82) is 0 Å². The lowest BCUT2D eigenvalue weighted by atomic mass is 9.99. The van der Waals surface area contributed by atoms with Crippen LogP contribution in [0.1, 0.15) is 45.1 Å². The van der Waals surface area contributed by atoms with Gasteiger partial charge in [0.1, 0.15) is 6.10 Å². The summed E-state index contributed by atoms with van der Waals surface area (Å²) in [5.41, 5.74) is 2.59. The van der Waals surface area contributed by atoms with Crippen LogP contribution in [0.3, 0.4) is 0 Å². The van der Waals surface area contributed by atoms with Gasteiger partial charge in [0.25, 0.3) is 0 Å². The molecule has 2 atom stereocenters. The number of rotatable bonds is 5. The first-order valence-electron chi connectivity index (χ1n) is 11.8. The zero-order valence-corrected chi connectivity index (χ0v) is 21.4. The summed E-state index contributed by atoms with van der Waals surface area (Å²) in [6.45, 7) is 11.7. The van der Waals surface area contributed by atoms with Gasteiger partial charge in [-0.05, 0) is 56.2 Å². The summed E-state index contributed by atoms with van der Waals surface area (Å²) in [5, 5.41) is 3.47. The number of nitrogens with one attached hydrogen (secondary N) is 1. The van der Waals surface area contributed by atoms with Crippen molar-refractivity contribution in [1.82, 2.24) is 10.2 Å². The molecular weight excluding hydrogens is 503 g/mol. The van der Waals surface area contributed by atoms with E-state index in [4.69, 9.17) is 14.5 Å². The molecular formula is C24H39IN4O2. The summed E-state index contributed by atoms with van der Waals surface area (Å²) in [4.78, 5) is 9.79. The predicted molar refractivity (Wildman–Crippen MR) is 138 cm³/mol. The van der Waals surface area contributed by atoms with Gasteiger partial charge in [0.2, 0.25) is 0 Å². The molecule has 0 spiro atoms. The molecule has 0 amide bonds. The lowest BCUT2D eigenvalue weighted by molar-refractivity contribution is -0.0817. The fourth-order valence-electron chi connectivity index (χ4n) is 4.66. The number of ether oxygens (including phenoxy) is 2. The molecule has 2 unspecified atom stereocenters. The first-order valence-corrected chi connectivity index (χ1v) is 11.8. The molecule has 0 saturated carbocycles. The first kappa shape index (κ1) is 24.6. The molecule has 0 bridgehead atoms. The molecule has 7 heteroatoms. The standard InChI is InChI=1S/C24H38N4O2.HI/c1-3-25-24(28-14-16-30-23(18-28)22-5-4-15-29-22)26-17-20-6-8-21(9-7-20)27-12-10-19(2)11-13-27;/h6-9,19,22-23H,3-5,10-18H2,1-2H3,(H,25,26);1H. The fourth-order valence-corrected chi connectivity index (χ4v) is 4.66. The molecule has 3 saturated heterocycles. The Morgan fingerprint density at radius 1 is 1.03 bits per heavy atom. The number of benzene rings is 1. The number of aliphatic imine (C=N–C) groups is 1. The highest BCUT2D eigenvalue weighted by molar-refractivity contribution is 14.0. The van der Waals surface area contributed by atoms with Gasteiger partial charge < -0.3 is 24.6 Å². The summed E-state index contributed by atoms with van der Waals surface area (Å²) in [6, 6.07) is 8.98. The summed E-state index contributed by atoms with van der Waals surface area (Å²) in [7, 11) is 0. The van der Waals surface area contributed by atoms with Gasteiger partial charge in [-0.1, -0.05) is 19.1 Å². The minimum atomic E-state index is 0. The second kappa shape index (κ2) is 12.3. The van der Waals surface area contributed by atoms with Crippen LogP contribution in [0, 0.1) is 5.92 Å². The van der Waals surface area contributed by atoms with E-state index in [-0.39, 0.29) is 36.2 Å². The number of hydrogen-bond acceptors (Lipinski definition) is 4. The van der Waals surface area contributed by atoms with Crippen molar-refractivity contribution < 1.29 is 9.47 Å². The number of morpholine rings is 1. The number of piperidine rings is 1. The van der Waals surface area contributed by atoms with Gasteiger partial charge in [0.05, 0.1) is 19.3 Å². The van der Waals surface area contributed by atoms with Crippen LogP contribution in [0.15, 0.2) is 29.3 Å². The van der Waals surface area contributed by atoms with Crippen molar-refractivity contribution in [2.45, 2.75) is 58.3 Å². The maximum atomic E-state index is 6.01. The van der Waals surface area contributed by atoms with Crippen LogP contribution < -0.4 is 10.2 Å². The highest BCUT2D eigenvalue weighted by atomic mass is 127. The summed E-state index contributed by atoms with van der Waals surface area (Å²) >= 11 is 0. The SMILES string of the molecule is CCNC(=NCc1ccc(N2CCC(C)CC2)cc1)N1CCOC(C2CCCO2)C1.I. The van der Waals surface area contributed by atoms with Crippen LogP contribution in [0.4, 0.5) is 5.69 Å². The molecule has 3 heterocycles. The van der Waals surface area contributed by atoms with Gasteiger partial charge in [0, 0.05) is 45.0 Å². The van der Waals surface area contributed by atoms with Gasteiger partial charge >= 0.3 is 0 Å². The molecule has 0 aromatic heterocycles. The van der Waals surface area contributed by atoms with E-state index >= 15 is 0 Å². The number of nitrogens with zero attached hydrogens (tertiary/aromatic N) is 3. The molecule has 1 aromatic carbocycles. The van der Waals surface area contributed by atoms with Crippen LogP contribution in [-0.4, -0.2) is 69.0 Å². The largest absolute Gasteiger partial charge is 0.375 e. The molecule has 6 nitrogen and oxygen atoms in total. The Labute approximate surface area is 204 Å². The van der Waals surface area contributed by atoms with Crippen molar-refractivity contribution >= 4 is 35.6 Å². The van der Waals surface area contributed by atoms with Crippen LogP contribution in [-0.2, 0) is 16.0 Å². The minimum Gasteiger partial charge on any atom is -0.375 e. The normalized spacial score (nSPS) is 25.4. The van der Waals surface area contributed by atoms with Crippen molar-refractivity contribution in [3.8, 4) is 0 Å². The molecule has 3 fully saturated rings. The predicted octanol–water partition coefficient (Wildman–Crippen LogP) is 3.89. The highest BCUT2D eigenvalue weighted by Crippen LogP contribution is 2.24. The zero-order valence-electron chi connectivity index (χ0n) is 19.1. The van der Waals surface area contributed by atoms with Gasteiger partial charge in [-0.3, -0.25) is 0 Å². The second-order valence-corrected chi connectivity index (χ2v) is 8.91. The van der Waals surface area contributed by atoms with Crippen molar-refractivity contribution in [3.05, 3.63) is 29.8 Å². The zero-order chi connectivity index (χ0) is 20.8. The van der Waals surface area contributed by atoms with E-state index in [0.29, 0.717) is 6.54 Å². The van der Waals surface area contributed by atoms with Crippen LogP contribution in [0.5, 0.6) is 0 Å². The third-order valence-corrected chi connectivity index (χ3v) is 6.60. The van der Waals surface area contributed by atoms with Crippen molar-refractivity contribution in [2.75, 3.05) is 50.8 Å². The minimum absolute atomic E-state index is 0. The van der Waals surface area contributed by atoms with Gasteiger partial charge in [-0.25, -0.2) is 4.99 Å². The maximum Gasteiger partial charge on any atom is 0.194 e. The smallest absolute Gasteiger partial charge is 0.194 e. The first-order chi connectivity index (χ1) is 14.7. The lowest BCUT2D eigenvalue weighted by Crippen LogP contribution is -2.53. The molecule has 0 aliphatic carbocycles. The second-order valence-electron chi connectivity index (χ2n) is 8.91. The van der Waals surface area contributed by atoms with E-state index in [0.717, 1.165) is 57.6 Å². The third kappa shape index (κ3) is 6.71. The molecule has 31 heavy (non-hydrogen) atoms. The van der Waals surface area contributed by atoms with E-state index in [2.05, 4.69) is 53.2 Å². The molecule has 3 aliphatic heterocycles. The molecule has 4 rings (SSSR count).